The lowest BCUT2D eigenvalue weighted by Crippen LogP contribution is -2.37. The van der Waals surface area contributed by atoms with Gasteiger partial charge in [-0.3, -0.25) is 19.4 Å². The molecule has 7 heteroatoms. The van der Waals surface area contributed by atoms with Gasteiger partial charge in [-0.05, 0) is 36.6 Å². The molecule has 0 aliphatic rings. The molecular formula is C18H16N4O3. The smallest absolute Gasteiger partial charge is 0.292 e. The molecule has 0 bridgehead atoms. The number of nitriles is 1. The molecule has 0 amide bonds. The molecule has 1 N–H and O–H groups in total. The Labute approximate surface area is 144 Å². The van der Waals surface area contributed by atoms with E-state index < -0.39 is 17.0 Å². The zero-order valence-electron chi connectivity index (χ0n) is 14.1. The van der Waals surface area contributed by atoms with E-state index >= 15 is 0 Å². The summed E-state index contributed by atoms with van der Waals surface area (Å²) in [6.45, 7) is 11.8. The van der Waals surface area contributed by atoms with Gasteiger partial charge >= 0.3 is 5.69 Å². The Morgan fingerprint density at radius 1 is 1.36 bits per heavy atom. The lowest BCUT2D eigenvalue weighted by molar-refractivity contribution is 0.102. The number of hydrogen-bond donors (Lipinski definition) is 1. The van der Waals surface area contributed by atoms with Crippen LogP contribution in [-0.2, 0) is 6.67 Å². The minimum Gasteiger partial charge on any atom is -0.292 e. The average molecular weight is 336 g/mol. The summed E-state index contributed by atoms with van der Waals surface area (Å²) >= 11 is 0. The molecule has 126 valence electrons. The molecule has 0 aliphatic carbocycles. The van der Waals surface area contributed by atoms with Crippen molar-refractivity contribution in [3.63, 3.8) is 0 Å². The van der Waals surface area contributed by atoms with Gasteiger partial charge in [0, 0.05) is 11.1 Å². The van der Waals surface area contributed by atoms with E-state index in [0.717, 1.165) is 4.57 Å². The van der Waals surface area contributed by atoms with Gasteiger partial charge in [-0.2, -0.15) is 5.26 Å². The van der Waals surface area contributed by atoms with Gasteiger partial charge in [-0.15, -0.1) is 0 Å². The summed E-state index contributed by atoms with van der Waals surface area (Å²) in [7, 11) is 0. The molecule has 0 spiro atoms. The number of rotatable bonds is 4. The van der Waals surface area contributed by atoms with Crippen molar-refractivity contribution in [1.29, 1.82) is 5.26 Å². The fraction of sp³-hybridized carbons (Fsp3) is 0.278. The van der Waals surface area contributed by atoms with Crippen LogP contribution in [0.4, 0.5) is 0 Å². The fourth-order valence-corrected chi connectivity index (χ4v) is 2.69. The highest BCUT2D eigenvalue weighted by atomic mass is 16.2. The minimum absolute atomic E-state index is 0.103. The maximum Gasteiger partial charge on any atom is 0.334 e. The van der Waals surface area contributed by atoms with E-state index in [1.807, 2.05) is 6.07 Å². The Morgan fingerprint density at radius 2 is 2.04 bits per heavy atom. The molecule has 0 radical (unpaired) electrons. The highest BCUT2D eigenvalue weighted by Gasteiger charge is 2.25. The third-order valence-electron chi connectivity index (χ3n) is 3.71. The average Bonchev–Trinajstić information content (AvgIpc) is 2.55. The monoisotopic (exact) mass is 336 g/mol. The number of aryl methyl sites for hydroxylation is 1. The predicted octanol–water partition coefficient (Wildman–Crippen LogP) is 1.95. The van der Waals surface area contributed by atoms with Gasteiger partial charge < -0.3 is 0 Å². The van der Waals surface area contributed by atoms with Gasteiger partial charge in [0.1, 0.15) is 5.69 Å². The van der Waals surface area contributed by atoms with Gasteiger partial charge in [0.25, 0.3) is 12.2 Å². The largest absolute Gasteiger partial charge is 0.334 e. The summed E-state index contributed by atoms with van der Waals surface area (Å²) < 4.78 is 0.973. The standard InChI is InChI=1S/C18H16N4O3/c1-10(2)14-15(22(9-20-4)18(25)21-17(14)24)16(23)13-6-11(3)5-12(7-13)8-19/h5-7,10H,9H2,1-3H3,(H,21,24,25). The number of aromatic nitrogens is 2. The molecule has 0 saturated carbocycles. The first-order chi connectivity index (χ1) is 11.8. The maximum atomic E-state index is 13.1. The van der Waals surface area contributed by atoms with Crippen molar-refractivity contribution < 1.29 is 4.79 Å². The van der Waals surface area contributed by atoms with Crippen LogP contribution >= 0.6 is 0 Å². The number of H-pyrrole nitrogens is 1. The minimum atomic E-state index is -0.804. The Morgan fingerprint density at radius 3 is 2.60 bits per heavy atom. The summed E-state index contributed by atoms with van der Waals surface area (Å²) in [6, 6.07) is 6.60. The van der Waals surface area contributed by atoms with Crippen LogP contribution in [0.2, 0.25) is 0 Å². The van der Waals surface area contributed by atoms with E-state index in [1.54, 1.807) is 32.9 Å². The lowest BCUT2D eigenvalue weighted by atomic mass is 9.95. The molecule has 7 nitrogen and oxygen atoms in total. The number of benzene rings is 1. The van der Waals surface area contributed by atoms with Crippen LogP contribution in [-0.4, -0.2) is 15.3 Å². The third-order valence-corrected chi connectivity index (χ3v) is 3.71. The van der Waals surface area contributed by atoms with E-state index in [1.165, 1.54) is 6.07 Å². The molecule has 0 aliphatic heterocycles. The van der Waals surface area contributed by atoms with Crippen molar-refractivity contribution in [2.75, 3.05) is 0 Å². The van der Waals surface area contributed by atoms with Crippen molar-refractivity contribution in [3.05, 3.63) is 78.4 Å². The van der Waals surface area contributed by atoms with Gasteiger partial charge in [-0.25, -0.2) is 15.9 Å². The van der Waals surface area contributed by atoms with Crippen molar-refractivity contribution in [1.82, 2.24) is 9.55 Å². The van der Waals surface area contributed by atoms with Crippen LogP contribution in [0.3, 0.4) is 0 Å². The van der Waals surface area contributed by atoms with Crippen molar-refractivity contribution in [2.24, 2.45) is 0 Å². The predicted molar refractivity (Wildman–Crippen MR) is 91.3 cm³/mol. The first kappa shape index (κ1) is 17.9. The van der Waals surface area contributed by atoms with Gasteiger partial charge in [0.2, 0.25) is 5.78 Å². The van der Waals surface area contributed by atoms with E-state index in [2.05, 4.69) is 9.83 Å². The molecule has 0 saturated heterocycles. The highest BCUT2D eigenvalue weighted by molar-refractivity contribution is 6.09. The second kappa shape index (κ2) is 6.98. The zero-order valence-corrected chi connectivity index (χ0v) is 14.1. The lowest BCUT2D eigenvalue weighted by Gasteiger charge is -2.14. The molecule has 2 rings (SSSR count). The summed E-state index contributed by atoms with van der Waals surface area (Å²) in [6.07, 6.45) is 0. The molecule has 0 fully saturated rings. The number of hydrogen-bond acceptors (Lipinski definition) is 4. The van der Waals surface area contributed by atoms with Crippen LogP contribution in [0.25, 0.3) is 4.85 Å². The van der Waals surface area contributed by atoms with Crippen LogP contribution in [0.1, 0.15) is 52.5 Å². The van der Waals surface area contributed by atoms with E-state index in [4.69, 9.17) is 11.8 Å². The van der Waals surface area contributed by atoms with Crippen LogP contribution < -0.4 is 11.2 Å². The number of aromatic amines is 1. The third kappa shape index (κ3) is 3.41. The molecule has 0 unspecified atom stereocenters. The molecular weight excluding hydrogens is 320 g/mol. The normalized spacial score (nSPS) is 10.3. The summed E-state index contributed by atoms with van der Waals surface area (Å²) in [5.41, 5.74) is -0.194. The van der Waals surface area contributed by atoms with Crippen LogP contribution in [0.15, 0.2) is 27.8 Å². The topological polar surface area (TPSA) is 100 Å². The van der Waals surface area contributed by atoms with E-state index in [-0.39, 0.29) is 29.4 Å². The van der Waals surface area contributed by atoms with Crippen molar-refractivity contribution >= 4 is 5.78 Å². The summed E-state index contributed by atoms with van der Waals surface area (Å²) in [5.74, 6) is -0.892. The second-order valence-electron chi connectivity index (χ2n) is 5.93. The van der Waals surface area contributed by atoms with Crippen molar-refractivity contribution in [3.8, 4) is 6.07 Å². The van der Waals surface area contributed by atoms with Crippen LogP contribution in [0, 0.1) is 24.8 Å². The van der Waals surface area contributed by atoms with E-state index in [9.17, 15) is 14.4 Å². The van der Waals surface area contributed by atoms with Gasteiger partial charge in [-0.1, -0.05) is 13.8 Å². The Bertz CT molecular complexity index is 1050. The summed E-state index contributed by atoms with van der Waals surface area (Å²) in [5, 5.41) is 9.10. The number of carbonyl (C=O) groups is 1. The maximum absolute atomic E-state index is 13.1. The fourth-order valence-electron chi connectivity index (χ4n) is 2.69. The number of nitrogens with zero attached hydrogens (tertiary/aromatic N) is 3. The molecule has 1 aromatic heterocycles. The molecule has 2 aromatic rings. The van der Waals surface area contributed by atoms with Crippen molar-refractivity contribution in [2.45, 2.75) is 33.4 Å². The first-order valence-corrected chi connectivity index (χ1v) is 7.56. The Hall–Kier alpha value is -3.45. The number of ketones is 1. The van der Waals surface area contributed by atoms with E-state index in [0.29, 0.717) is 11.1 Å². The SMILES string of the molecule is [C-]#[N+]Cn1c(C(=O)c2cc(C)cc(C#N)c2)c(C(C)C)c(=O)[nH]c1=O. The van der Waals surface area contributed by atoms with Gasteiger partial charge in [0.15, 0.2) is 0 Å². The summed E-state index contributed by atoms with van der Waals surface area (Å²) in [4.78, 5) is 42.7. The molecule has 0 atom stereocenters. The molecule has 1 heterocycles. The zero-order chi connectivity index (χ0) is 18.7. The Balaban J connectivity index is 2.86. The number of nitrogens with one attached hydrogen (secondary N) is 1. The molecule has 25 heavy (non-hydrogen) atoms. The van der Waals surface area contributed by atoms with Crippen LogP contribution in [0.5, 0.6) is 0 Å². The second-order valence-corrected chi connectivity index (χ2v) is 5.93. The first-order valence-electron chi connectivity index (χ1n) is 7.56. The highest BCUT2D eigenvalue weighted by Crippen LogP contribution is 2.19. The molecule has 1 aromatic carbocycles. The Kier molecular flexibility index (Phi) is 5.00. The van der Waals surface area contributed by atoms with Gasteiger partial charge in [0.05, 0.1) is 11.6 Å². The quantitative estimate of drug-likeness (QED) is 0.681. The number of carbonyl (C=O) groups excluding carboxylic acids is 1.